The van der Waals surface area contributed by atoms with E-state index in [0.717, 1.165) is 5.56 Å². The number of benzene rings is 3. The molecule has 0 fully saturated rings. The second-order valence-electron chi connectivity index (χ2n) is 7.18. The van der Waals surface area contributed by atoms with Crippen LogP contribution < -0.4 is 14.9 Å². The number of hydrazone groups is 1. The lowest BCUT2D eigenvalue weighted by atomic mass is 10.1. The number of hydrogen-bond donors (Lipinski definition) is 2. The van der Waals surface area contributed by atoms with Gasteiger partial charge in [-0.25, -0.2) is 10.2 Å². The third kappa shape index (κ3) is 6.78. The highest BCUT2D eigenvalue weighted by Gasteiger charge is 2.15. The molecule has 180 valence electrons. The van der Waals surface area contributed by atoms with Crippen molar-refractivity contribution in [3.63, 3.8) is 0 Å². The van der Waals surface area contributed by atoms with Gasteiger partial charge in [-0.1, -0.05) is 41.9 Å². The molecule has 0 aliphatic carbocycles. The zero-order chi connectivity index (χ0) is 25.4. The topological polar surface area (TPSA) is 140 Å². The fourth-order valence-corrected chi connectivity index (χ4v) is 3.36. The van der Waals surface area contributed by atoms with Gasteiger partial charge in [0.2, 0.25) is 5.91 Å². The van der Waals surface area contributed by atoms with Crippen LogP contribution in [0.15, 0.2) is 65.8 Å². The number of carboxylic acids is 1. The van der Waals surface area contributed by atoms with Crippen LogP contribution in [0.2, 0.25) is 5.02 Å². The summed E-state index contributed by atoms with van der Waals surface area (Å²) < 4.78 is 11.1. The van der Waals surface area contributed by atoms with Gasteiger partial charge in [-0.05, 0) is 35.4 Å². The predicted octanol–water partition coefficient (Wildman–Crippen LogP) is 4.23. The molecule has 3 aromatic rings. The van der Waals surface area contributed by atoms with Crippen molar-refractivity contribution < 1.29 is 29.1 Å². The van der Waals surface area contributed by atoms with Gasteiger partial charge < -0.3 is 14.6 Å². The maximum absolute atomic E-state index is 12.1. The van der Waals surface area contributed by atoms with Gasteiger partial charge in [0.1, 0.15) is 6.61 Å². The normalized spacial score (nSPS) is 10.7. The van der Waals surface area contributed by atoms with Crippen molar-refractivity contribution in [3.8, 4) is 11.5 Å². The second-order valence-corrected chi connectivity index (χ2v) is 7.59. The number of halogens is 1. The van der Waals surface area contributed by atoms with E-state index in [2.05, 4.69) is 10.5 Å². The van der Waals surface area contributed by atoms with E-state index in [1.807, 2.05) is 0 Å². The van der Waals surface area contributed by atoms with Crippen LogP contribution in [0.4, 0.5) is 5.69 Å². The van der Waals surface area contributed by atoms with Crippen molar-refractivity contribution >= 4 is 35.4 Å². The summed E-state index contributed by atoms with van der Waals surface area (Å²) in [5, 5.41) is 24.2. The zero-order valence-corrected chi connectivity index (χ0v) is 19.2. The highest BCUT2D eigenvalue weighted by molar-refractivity contribution is 6.32. The lowest BCUT2D eigenvalue weighted by Crippen LogP contribution is -2.20. The SMILES string of the molecule is COc1cc(/C=N\NC(=O)Cc2ccccc2[N+](=O)[O-])cc(Cl)c1OCc1ccc(C(=O)O)cc1. The lowest BCUT2D eigenvalue weighted by Gasteiger charge is -2.13. The van der Waals surface area contributed by atoms with E-state index >= 15 is 0 Å². The number of hydrogen-bond acceptors (Lipinski definition) is 7. The van der Waals surface area contributed by atoms with Crippen LogP contribution in [-0.2, 0) is 17.8 Å². The van der Waals surface area contributed by atoms with Crippen LogP contribution in [0.25, 0.3) is 0 Å². The number of para-hydroxylation sites is 1. The summed E-state index contributed by atoms with van der Waals surface area (Å²) >= 11 is 6.35. The monoisotopic (exact) mass is 497 g/mol. The summed E-state index contributed by atoms with van der Waals surface area (Å²) in [5.41, 5.74) is 3.87. The molecule has 2 N–H and O–H groups in total. The molecule has 3 aromatic carbocycles. The van der Waals surface area contributed by atoms with Crippen molar-refractivity contribution in [1.29, 1.82) is 0 Å². The van der Waals surface area contributed by atoms with Crippen molar-refractivity contribution in [2.45, 2.75) is 13.0 Å². The highest BCUT2D eigenvalue weighted by atomic mass is 35.5. The molecule has 3 rings (SSSR count). The minimum absolute atomic E-state index is 0.130. The van der Waals surface area contributed by atoms with Gasteiger partial charge in [0, 0.05) is 11.6 Å². The molecule has 1 amide bonds. The lowest BCUT2D eigenvalue weighted by molar-refractivity contribution is -0.385. The fourth-order valence-electron chi connectivity index (χ4n) is 3.08. The van der Waals surface area contributed by atoms with Crippen LogP contribution in [-0.4, -0.2) is 35.2 Å². The van der Waals surface area contributed by atoms with Crippen LogP contribution >= 0.6 is 11.6 Å². The van der Waals surface area contributed by atoms with E-state index in [1.54, 1.807) is 30.3 Å². The minimum atomic E-state index is -1.02. The Balaban J connectivity index is 1.64. The molecule has 0 heterocycles. The van der Waals surface area contributed by atoms with Crippen molar-refractivity contribution in [2.75, 3.05) is 7.11 Å². The fraction of sp³-hybridized carbons (Fsp3) is 0.125. The zero-order valence-electron chi connectivity index (χ0n) is 18.4. The van der Waals surface area contributed by atoms with E-state index in [1.165, 1.54) is 43.7 Å². The molecule has 0 aliphatic rings. The Morgan fingerprint density at radius 1 is 1.17 bits per heavy atom. The van der Waals surface area contributed by atoms with Crippen molar-refractivity contribution in [3.05, 3.63) is 98.1 Å². The first kappa shape index (κ1) is 25.2. The number of methoxy groups -OCH3 is 1. The third-order valence-corrected chi connectivity index (χ3v) is 5.06. The van der Waals surface area contributed by atoms with Crippen LogP contribution in [0, 0.1) is 10.1 Å². The average Bonchev–Trinajstić information content (AvgIpc) is 2.83. The molecule has 0 spiro atoms. The van der Waals surface area contributed by atoms with Gasteiger partial charge in [0.05, 0.1) is 35.3 Å². The molecule has 0 aliphatic heterocycles. The molecule has 11 heteroatoms. The first-order valence-corrected chi connectivity index (χ1v) is 10.5. The maximum atomic E-state index is 12.1. The molecular weight excluding hydrogens is 478 g/mol. The number of nitrogens with one attached hydrogen (secondary N) is 1. The Morgan fingerprint density at radius 2 is 1.89 bits per heavy atom. The Morgan fingerprint density at radius 3 is 2.54 bits per heavy atom. The summed E-state index contributed by atoms with van der Waals surface area (Å²) in [6.07, 6.45) is 1.14. The molecule has 0 atom stereocenters. The summed E-state index contributed by atoms with van der Waals surface area (Å²) in [6.45, 7) is 0.130. The first-order chi connectivity index (χ1) is 16.8. The molecular formula is C24H20ClN3O7. The Labute approximate surface area is 204 Å². The number of nitro benzene ring substituents is 1. The average molecular weight is 498 g/mol. The Kier molecular flexibility index (Phi) is 8.36. The van der Waals surface area contributed by atoms with Crippen molar-refractivity contribution in [1.82, 2.24) is 5.43 Å². The highest BCUT2D eigenvalue weighted by Crippen LogP contribution is 2.36. The number of carboxylic acid groups (broad SMARTS) is 1. The summed E-state index contributed by atoms with van der Waals surface area (Å²) in [6, 6.07) is 15.4. The Bertz CT molecular complexity index is 1280. The number of nitrogens with zero attached hydrogens (tertiary/aromatic N) is 2. The van der Waals surface area contributed by atoms with Gasteiger partial charge >= 0.3 is 5.97 Å². The van der Waals surface area contributed by atoms with E-state index in [0.29, 0.717) is 11.3 Å². The number of rotatable bonds is 10. The number of carbonyl (C=O) groups is 2. The number of nitro groups is 1. The van der Waals surface area contributed by atoms with Crippen molar-refractivity contribution in [2.24, 2.45) is 5.10 Å². The van der Waals surface area contributed by atoms with Gasteiger partial charge in [0.15, 0.2) is 11.5 Å². The first-order valence-electron chi connectivity index (χ1n) is 10.1. The number of amides is 1. The minimum Gasteiger partial charge on any atom is -0.493 e. The van der Waals surface area contributed by atoms with E-state index in [9.17, 15) is 19.7 Å². The summed E-state index contributed by atoms with van der Waals surface area (Å²) in [4.78, 5) is 33.6. The Hall–Kier alpha value is -4.44. The third-order valence-electron chi connectivity index (χ3n) is 4.78. The molecule has 10 nitrogen and oxygen atoms in total. The number of ether oxygens (including phenoxy) is 2. The van der Waals surface area contributed by atoms with Crippen LogP contribution in [0.3, 0.4) is 0 Å². The predicted molar refractivity (Wildman–Crippen MR) is 128 cm³/mol. The quantitative estimate of drug-likeness (QED) is 0.242. The summed E-state index contributed by atoms with van der Waals surface area (Å²) in [7, 11) is 1.44. The molecule has 0 saturated carbocycles. The number of aromatic carboxylic acids is 1. The molecule has 0 saturated heterocycles. The standard InChI is InChI=1S/C24H20ClN3O7/c1-34-21-11-16(13-26-27-22(29)12-18-4-2-3-5-20(18)28(32)33)10-19(25)23(21)35-14-15-6-8-17(9-7-15)24(30)31/h2-11,13H,12,14H2,1H3,(H,27,29)(H,30,31)/b26-13-. The van der Waals surface area contributed by atoms with Crippen LogP contribution in [0.1, 0.15) is 27.0 Å². The summed E-state index contributed by atoms with van der Waals surface area (Å²) in [5.74, 6) is -0.930. The molecule has 0 aromatic heterocycles. The number of carbonyl (C=O) groups excluding carboxylic acids is 1. The molecule has 0 unspecified atom stereocenters. The van der Waals surface area contributed by atoms with E-state index in [4.69, 9.17) is 26.2 Å². The van der Waals surface area contributed by atoms with E-state index < -0.39 is 16.8 Å². The van der Waals surface area contributed by atoms with Gasteiger partial charge in [-0.15, -0.1) is 0 Å². The van der Waals surface area contributed by atoms with Crippen LogP contribution in [0.5, 0.6) is 11.5 Å². The van der Waals surface area contributed by atoms with Gasteiger partial charge in [-0.3, -0.25) is 14.9 Å². The van der Waals surface area contributed by atoms with E-state index in [-0.39, 0.29) is 40.6 Å². The molecule has 0 bridgehead atoms. The molecule has 0 radical (unpaired) electrons. The largest absolute Gasteiger partial charge is 0.493 e. The maximum Gasteiger partial charge on any atom is 0.335 e. The van der Waals surface area contributed by atoms with Gasteiger partial charge in [0.25, 0.3) is 5.69 Å². The molecule has 35 heavy (non-hydrogen) atoms. The second kappa shape index (κ2) is 11.6. The van der Waals surface area contributed by atoms with Gasteiger partial charge in [-0.2, -0.15) is 5.10 Å². The smallest absolute Gasteiger partial charge is 0.335 e.